The molecule has 0 bridgehead atoms. The number of aryl methyl sites for hydroxylation is 1. The maximum Gasteiger partial charge on any atom is 0.408 e. The van der Waals surface area contributed by atoms with E-state index in [9.17, 15) is 19.5 Å². The molecule has 0 radical (unpaired) electrons. The number of carbonyl (C=O) groups is 3. The minimum absolute atomic E-state index is 0.0736. The van der Waals surface area contributed by atoms with E-state index in [1.807, 2.05) is 61.5 Å². The number of benzene rings is 2. The van der Waals surface area contributed by atoms with E-state index in [4.69, 9.17) is 4.74 Å². The number of carbonyl (C=O) groups excluding carboxylic acids is 2. The van der Waals surface area contributed by atoms with Gasteiger partial charge in [0.2, 0.25) is 5.91 Å². The summed E-state index contributed by atoms with van der Waals surface area (Å²) in [4.78, 5) is 36.5. The van der Waals surface area contributed by atoms with Crippen molar-refractivity contribution in [3.63, 3.8) is 0 Å². The first-order valence-corrected chi connectivity index (χ1v) is 9.82. The van der Waals surface area contributed by atoms with Crippen molar-refractivity contribution in [2.45, 2.75) is 45.9 Å². The van der Waals surface area contributed by atoms with Gasteiger partial charge >= 0.3 is 12.1 Å². The van der Waals surface area contributed by atoms with E-state index in [0.29, 0.717) is 0 Å². The molecule has 3 N–H and O–H groups in total. The first-order chi connectivity index (χ1) is 14.3. The Morgan fingerprint density at radius 2 is 1.63 bits per heavy atom. The molecule has 160 valence electrons. The largest absolute Gasteiger partial charge is 0.480 e. The zero-order chi connectivity index (χ0) is 22.1. The van der Waals surface area contributed by atoms with Crippen molar-refractivity contribution in [1.29, 1.82) is 0 Å². The van der Waals surface area contributed by atoms with E-state index >= 15 is 0 Å². The molecule has 0 aliphatic carbocycles. The van der Waals surface area contributed by atoms with Gasteiger partial charge in [-0.3, -0.25) is 4.79 Å². The van der Waals surface area contributed by atoms with Gasteiger partial charge < -0.3 is 20.5 Å². The van der Waals surface area contributed by atoms with Gasteiger partial charge in [-0.1, -0.05) is 74.0 Å². The van der Waals surface area contributed by atoms with Crippen LogP contribution in [0.4, 0.5) is 4.79 Å². The van der Waals surface area contributed by atoms with Gasteiger partial charge in [0.15, 0.2) is 0 Å². The molecule has 2 amide bonds. The molecule has 0 spiro atoms. The maximum absolute atomic E-state index is 12.7. The second kappa shape index (κ2) is 11.0. The van der Waals surface area contributed by atoms with Gasteiger partial charge in [0.05, 0.1) is 0 Å². The smallest absolute Gasteiger partial charge is 0.408 e. The second-order valence-electron chi connectivity index (χ2n) is 7.52. The molecular formula is C23H28N2O5. The van der Waals surface area contributed by atoms with Gasteiger partial charge in [-0.15, -0.1) is 0 Å². The molecule has 0 saturated heterocycles. The third kappa shape index (κ3) is 7.24. The number of carboxylic acid groups (broad SMARTS) is 1. The zero-order valence-corrected chi connectivity index (χ0v) is 17.4. The molecule has 0 heterocycles. The van der Waals surface area contributed by atoms with Crippen LogP contribution in [0.25, 0.3) is 0 Å². The molecule has 0 aromatic heterocycles. The third-order valence-electron chi connectivity index (χ3n) is 4.57. The highest BCUT2D eigenvalue weighted by Gasteiger charge is 2.29. The number of hydrogen-bond acceptors (Lipinski definition) is 4. The third-order valence-corrected chi connectivity index (χ3v) is 4.57. The Kier molecular flexibility index (Phi) is 8.41. The molecular weight excluding hydrogens is 384 g/mol. The number of nitrogens with one attached hydrogen (secondary N) is 2. The Balaban J connectivity index is 1.98. The van der Waals surface area contributed by atoms with Crippen LogP contribution in [0.5, 0.6) is 0 Å². The number of carboxylic acids is 1. The Morgan fingerprint density at radius 3 is 2.23 bits per heavy atom. The molecule has 30 heavy (non-hydrogen) atoms. The molecule has 0 aliphatic heterocycles. The number of rotatable bonds is 9. The molecule has 2 aromatic carbocycles. The van der Waals surface area contributed by atoms with E-state index in [1.54, 1.807) is 13.8 Å². The van der Waals surface area contributed by atoms with Crippen LogP contribution in [-0.2, 0) is 27.4 Å². The van der Waals surface area contributed by atoms with Gasteiger partial charge in [-0.2, -0.15) is 0 Å². The quantitative estimate of drug-likeness (QED) is 0.587. The van der Waals surface area contributed by atoms with Gasteiger partial charge in [-0.05, 0) is 24.0 Å². The lowest BCUT2D eigenvalue weighted by Crippen LogP contribution is -2.54. The van der Waals surface area contributed by atoms with Crippen LogP contribution in [0.1, 0.15) is 30.5 Å². The highest BCUT2D eigenvalue weighted by Crippen LogP contribution is 2.09. The lowest BCUT2D eigenvalue weighted by molar-refractivity contribution is -0.142. The lowest BCUT2D eigenvalue weighted by atomic mass is 10.0. The molecule has 7 heteroatoms. The lowest BCUT2D eigenvalue weighted by Gasteiger charge is -2.24. The first kappa shape index (κ1) is 22.9. The number of amides is 2. The van der Waals surface area contributed by atoms with Crippen LogP contribution in [0.15, 0.2) is 54.6 Å². The molecule has 2 atom stereocenters. The summed E-state index contributed by atoms with van der Waals surface area (Å²) in [5.41, 5.74) is 2.63. The first-order valence-electron chi connectivity index (χ1n) is 9.82. The summed E-state index contributed by atoms with van der Waals surface area (Å²) in [7, 11) is 0. The van der Waals surface area contributed by atoms with Gasteiger partial charge in [0.1, 0.15) is 18.7 Å². The van der Waals surface area contributed by atoms with E-state index in [2.05, 4.69) is 10.6 Å². The van der Waals surface area contributed by atoms with Crippen molar-refractivity contribution in [2.24, 2.45) is 5.92 Å². The summed E-state index contributed by atoms with van der Waals surface area (Å²) >= 11 is 0. The van der Waals surface area contributed by atoms with E-state index in [-0.39, 0.29) is 18.9 Å². The van der Waals surface area contributed by atoms with Crippen molar-refractivity contribution in [3.8, 4) is 0 Å². The predicted octanol–water partition coefficient (Wildman–Crippen LogP) is 3.06. The van der Waals surface area contributed by atoms with Crippen LogP contribution in [0.2, 0.25) is 0 Å². The van der Waals surface area contributed by atoms with Gasteiger partial charge in [0, 0.05) is 6.42 Å². The fourth-order valence-electron chi connectivity index (χ4n) is 2.96. The molecule has 7 nitrogen and oxygen atoms in total. The molecule has 2 rings (SSSR count). The van der Waals surface area contributed by atoms with Crippen molar-refractivity contribution in [2.75, 3.05) is 0 Å². The molecule has 0 unspecified atom stereocenters. The van der Waals surface area contributed by atoms with E-state index < -0.39 is 30.1 Å². The summed E-state index contributed by atoms with van der Waals surface area (Å²) in [5, 5.41) is 14.6. The Hall–Kier alpha value is -3.35. The predicted molar refractivity (Wildman–Crippen MR) is 113 cm³/mol. The summed E-state index contributed by atoms with van der Waals surface area (Å²) in [6, 6.07) is 14.6. The normalized spacial score (nSPS) is 12.7. The van der Waals surface area contributed by atoms with Crippen molar-refractivity contribution in [3.05, 3.63) is 71.3 Å². The monoisotopic (exact) mass is 412 g/mol. The molecule has 2 aromatic rings. The Bertz CT molecular complexity index is 867. The number of hydrogen-bond donors (Lipinski definition) is 3. The van der Waals surface area contributed by atoms with Crippen molar-refractivity contribution in [1.82, 2.24) is 10.6 Å². The minimum Gasteiger partial charge on any atom is -0.480 e. The van der Waals surface area contributed by atoms with Gasteiger partial charge in [0.25, 0.3) is 0 Å². The van der Waals surface area contributed by atoms with Crippen molar-refractivity contribution >= 4 is 18.0 Å². The summed E-state index contributed by atoms with van der Waals surface area (Å²) in [6.45, 7) is 5.51. The molecule has 0 saturated carbocycles. The summed E-state index contributed by atoms with van der Waals surface area (Å²) in [6.07, 6.45) is -0.593. The second-order valence-corrected chi connectivity index (χ2v) is 7.52. The topological polar surface area (TPSA) is 105 Å². The maximum atomic E-state index is 12.7. The van der Waals surface area contributed by atoms with Crippen LogP contribution in [-0.4, -0.2) is 35.2 Å². The zero-order valence-electron chi connectivity index (χ0n) is 17.4. The number of aliphatic carboxylic acids is 1. The highest BCUT2D eigenvalue weighted by molar-refractivity contribution is 5.89. The Morgan fingerprint density at radius 1 is 0.967 bits per heavy atom. The summed E-state index contributed by atoms with van der Waals surface area (Å²) < 4.78 is 5.17. The SMILES string of the molecule is Cc1cccc(C[C@H](NC(=O)[C@H](NC(=O)OCc2ccccc2)C(C)C)C(=O)O)c1. The van der Waals surface area contributed by atoms with Crippen molar-refractivity contribution < 1.29 is 24.2 Å². The van der Waals surface area contributed by atoms with E-state index in [0.717, 1.165) is 16.7 Å². The highest BCUT2D eigenvalue weighted by atomic mass is 16.5. The number of alkyl carbamates (subject to hydrolysis) is 1. The van der Waals surface area contributed by atoms with E-state index in [1.165, 1.54) is 0 Å². The minimum atomic E-state index is -1.14. The van der Waals surface area contributed by atoms with Crippen LogP contribution < -0.4 is 10.6 Å². The average molecular weight is 412 g/mol. The molecule has 0 fully saturated rings. The summed E-state index contributed by atoms with van der Waals surface area (Å²) in [5.74, 6) is -1.97. The Labute approximate surface area is 176 Å². The molecule has 0 aliphatic rings. The van der Waals surface area contributed by atoms with Crippen LogP contribution in [0.3, 0.4) is 0 Å². The van der Waals surface area contributed by atoms with Gasteiger partial charge in [-0.25, -0.2) is 9.59 Å². The fraction of sp³-hybridized carbons (Fsp3) is 0.348. The fourth-order valence-corrected chi connectivity index (χ4v) is 2.96. The van der Waals surface area contributed by atoms with Crippen LogP contribution in [0, 0.1) is 12.8 Å². The van der Waals surface area contributed by atoms with Crippen LogP contribution >= 0.6 is 0 Å². The number of ether oxygens (including phenoxy) is 1. The average Bonchev–Trinajstić information content (AvgIpc) is 2.70. The standard InChI is InChI=1S/C23H28N2O5/c1-15(2)20(25-23(29)30-14-17-9-5-4-6-10-17)21(26)24-19(22(27)28)13-18-11-7-8-16(3)12-18/h4-12,15,19-20H,13-14H2,1-3H3,(H,24,26)(H,25,29)(H,27,28)/t19-,20+/m0/s1.